The minimum absolute atomic E-state index is 0.106. The lowest BCUT2D eigenvalue weighted by molar-refractivity contribution is -0.116. The zero-order chi connectivity index (χ0) is 21.8. The number of rotatable bonds is 8. The third-order valence-corrected chi connectivity index (χ3v) is 5.76. The molecule has 2 heterocycles. The smallest absolute Gasteiger partial charge is 0.342 e. The molecule has 2 aromatic rings. The lowest BCUT2D eigenvalue weighted by Gasteiger charge is -2.18. The zero-order valence-electron chi connectivity index (χ0n) is 17.7. The van der Waals surface area contributed by atoms with Crippen LogP contribution >= 0.6 is 11.3 Å². The number of allylic oxidation sites excluding steroid dienone is 2. The standard InChI is InChI=1S/C21H25N3O5S/c1-11(7-9-16(25)22-21-24-23-13(3)30-21)6-8-14-18(27-4)12(2)15-10-29-20(26)17(15)19(14)28-5/h6H,7-10H2,1-5H3,(H,22,24,25)/b11-6+. The van der Waals surface area contributed by atoms with E-state index >= 15 is 0 Å². The average Bonchev–Trinajstić information content (AvgIpc) is 3.30. The number of benzene rings is 1. The summed E-state index contributed by atoms with van der Waals surface area (Å²) >= 11 is 1.34. The van der Waals surface area contributed by atoms with Crippen molar-refractivity contribution in [2.75, 3.05) is 19.5 Å². The van der Waals surface area contributed by atoms with Gasteiger partial charge in [0.05, 0.1) is 14.2 Å². The van der Waals surface area contributed by atoms with Gasteiger partial charge in [-0.15, -0.1) is 10.2 Å². The fraction of sp³-hybridized carbons (Fsp3) is 0.429. The van der Waals surface area contributed by atoms with Gasteiger partial charge in [-0.25, -0.2) is 4.79 Å². The molecule has 1 N–H and O–H groups in total. The molecule has 0 spiro atoms. The van der Waals surface area contributed by atoms with E-state index in [1.807, 2.05) is 26.8 Å². The van der Waals surface area contributed by atoms with E-state index in [1.165, 1.54) is 18.4 Å². The van der Waals surface area contributed by atoms with E-state index < -0.39 is 0 Å². The van der Waals surface area contributed by atoms with E-state index in [-0.39, 0.29) is 18.5 Å². The molecule has 1 aromatic heterocycles. The van der Waals surface area contributed by atoms with Crippen LogP contribution < -0.4 is 14.8 Å². The number of ether oxygens (including phenoxy) is 3. The summed E-state index contributed by atoms with van der Waals surface area (Å²) in [6.07, 6.45) is 3.47. The van der Waals surface area contributed by atoms with Crippen LogP contribution in [0.4, 0.5) is 5.13 Å². The summed E-state index contributed by atoms with van der Waals surface area (Å²) in [4.78, 5) is 24.3. The van der Waals surface area contributed by atoms with Gasteiger partial charge in [-0.2, -0.15) is 0 Å². The molecule has 0 saturated carbocycles. The normalized spacial score (nSPS) is 13.1. The van der Waals surface area contributed by atoms with Crippen molar-refractivity contribution < 1.29 is 23.8 Å². The number of amides is 1. The minimum atomic E-state index is -0.377. The number of carbonyl (C=O) groups is 2. The van der Waals surface area contributed by atoms with Crippen molar-refractivity contribution in [1.82, 2.24) is 10.2 Å². The summed E-state index contributed by atoms with van der Waals surface area (Å²) in [5, 5.41) is 11.8. The van der Waals surface area contributed by atoms with Gasteiger partial charge >= 0.3 is 5.97 Å². The molecule has 0 unspecified atom stereocenters. The summed E-state index contributed by atoms with van der Waals surface area (Å²) in [7, 11) is 3.14. The van der Waals surface area contributed by atoms with Crippen LogP contribution in [0.15, 0.2) is 11.6 Å². The monoisotopic (exact) mass is 431 g/mol. The van der Waals surface area contributed by atoms with Crippen LogP contribution in [-0.2, 0) is 22.6 Å². The van der Waals surface area contributed by atoms with Crippen LogP contribution in [0.3, 0.4) is 0 Å². The molecule has 0 fully saturated rings. The van der Waals surface area contributed by atoms with Crippen molar-refractivity contribution in [3.05, 3.63) is 38.9 Å². The van der Waals surface area contributed by atoms with Crippen LogP contribution in [-0.4, -0.2) is 36.3 Å². The molecule has 0 aliphatic carbocycles. The van der Waals surface area contributed by atoms with Crippen LogP contribution in [0.5, 0.6) is 11.5 Å². The molecular weight excluding hydrogens is 406 g/mol. The molecule has 8 nitrogen and oxygen atoms in total. The Morgan fingerprint density at radius 3 is 2.57 bits per heavy atom. The van der Waals surface area contributed by atoms with Gasteiger partial charge in [-0.05, 0) is 39.2 Å². The van der Waals surface area contributed by atoms with Gasteiger partial charge in [0.15, 0.2) is 0 Å². The number of fused-ring (bicyclic) bond motifs is 1. The van der Waals surface area contributed by atoms with Gasteiger partial charge in [-0.3, -0.25) is 4.79 Å². The summed E-state index contributed by atoms with van der Waals surface area (Å²) < 4.78 is 16.4. The van der Waals surface area contributed by atoms with E-state index in [0.717, 1.165) is 27.3 Å². The van der Waals surface area contributed by atoms with Crippen molar-refractivity contribution >= 4 is 28.3 Å². The molecule has 30 heavy (non-hydrogen) atoms. The Morgan fingerprint density at radius 2 is 1.93 bits per heavy atom. The Balaban J connectivity index is 1.73. The fourth-order valence-corrected chi connectivity index (χ4v) is 4.06. The van der Waals surface area contributed by atoms with Gasteiger partial charge in [0.25, 0.3) is 0 Å². The number of aryl methyl sites for hydroxylation is 1. The Labute approximate surface area is 179 Å². The first kappa shape index (κ1) is 21.8. The van der Waals surface area contributed by atoms with Gasteiger partial charge in [-0.1, -0.05) is 23.0 Å². The van der Waals surface area contributed by atoms with Crippen LogP contribution in [0, 0.1) is 13.8 Å². The van der Waals surface area contributed by atoms with Crippen LogP contribution in [0.2, 0.25) is 0 Å². The zero-order valence-corrected chi connectivity index (χ0v) is 18.6. The molecule has 160 valence electrons. The number of hydrogen-bond donors (Lipinski definition) is 1. The highest BCUT2D eigenvalue weighted by Crippen LogP contribution is 2.42. The lowest BCUT2D eigenvalue weighted by Crippen LogP contribution is -2.11. The highest BCUT2D eigenvalue weighted by molar-refractivity contribution is 7.15. The molecule has 1 aromatic carbocycles. The molecule has 3 rings (SSSR count). The number of esters is 1. The van der Waals surface area contributed by atoms with E-state index in [4.69, 9.17) is 14.2 Å². The highest BCUT2D eigenvalue weighted by Gasteiger charge is 2.32. The summed E-state index contributed by atoms with van der Waals surface area (Å²) in [5.74, 6) is 0.698. The summed E-state index contributed by atoms with van der Waals surface area (Å²) in [6.45, 7) is 5.95. The number of aromatic nitrogens is 2. The van der Waals surface area contributed by atoms with Crippen molar-refractivity contribution in [2.24, 2.45) is 0 Å². The lowest BCUT2D eigenvalue weighted by atomic mass is 9.94. The van der Waals surface area contributed by atoms with Crippen LogP contribution in [0.25, 0.3) is 0 Å². The molecule has 0 bridgehead atoms. The first-order chi connectivity index (χ1) is 14.3. The number of hydrogen-bond acceptors (Lipinski definition) is 8. The average molecular weight is 432 g/mol. The van der Waals surface area contributed by atoms with E-state index in [9.17, 15) is 9.59 Å². The maximum absolute atomic E-state index is 12.2. The number of methoxy groups -OCH3 is 2. The SMILES string of the molecule is COc1c(C)c2c(c(OC)c1C/C=C(\C)CCC(=O)Nc1nnc(C)s1)C(=O)OC2. The van der Waals surface area contributed by atoms with Gasteiger partial charge in [0.1, 0.15) is 28.7 Å². The molecule has 1 aliphatic heterocycles. The molecule has 1 amide bonds. The molecular formula is C21H25N3O5S. The second-order valence-corrected chi connectivity index (χ2v) is 8.21. The molecule has 9 heteroatoms. The number of nitrogens with zero attached hydrogens (tertiary/aromatic N) is 2. The maximum atomic E-state index is 12.2. The Kier molecular flexibility index (Phi) is 6.71. The topological polar surface area (TPSA) is 99.6 Å². The number of carbonyl (C=O) groups excluding carboxylic acids is 2. The van der Waals surface area contributed by atoms with Crippen molar-refractivity contribution in [2.45, 2.75) is 46.6 Å². The maximum Gasteiger partial charge on any atom is 0.342 e. The van der Waals surface area contributed by atoms with E-state index in [2.05, 4.69) is 15.5 Å². The molecule has 0 atom stereocenters. The number of anilines is 1. The Hall–Kier alpha value is -2.94. The number of cyclic esters (lactones) is 1. The largest absolute Gasteiger partial charge is 0.496 e. The van der Waals surface area contributed by atoms with Gasteiger partial charge in [0.2, 0.25) is 11.0 Å². The van der Waals surface area contributed by atoms with E-state index in [1.54, 1.807) is 7.11 Å². The van der Waals surface area contributed by atoms with Crippen molar-refractivity contribution in [1.29, 1.82) is 0 Å². The number of nitrogens with one attached hydrogen (secondary N) is 1. The third kappa shape index (κ3) is 4.46. The Bertz CT molecular complexity index is 1010. The highest BCUT2D eigenvalue weighted by atomic mass is 32.1. The third-order valence-electron chi connectivity index (χ3n) is 5.00. The predicted molar refractivity (Wildman–Crippen MR) is 113 cm³/mol. The van der Waals surface area contributed by atoms with Gasteiger partial charge < -0.3 is 19.5 Å². The first-order valence-corrected chi connectivity index (χ1v) is 10.4. The Morgan fingerprint density at radius 1 is 1.20 bits per heavy atom. The fourth-order valence-electron chi connectivity index (χ4n) is 3.45. The van der Waals surface area contributed by atoms with Crippen molar-refractivity contribution in [3.8, 4) is 11.5 Å². The first-order valence-electron chi connectivity index (χ1n) is 9.54. The van der Waals surface area contributed by atoms with Crippen LogP contribution in [0.1, 0.15) is 51.8 Å². The predicted octanol–water partition coefficient (Wildman–Crippen LogP) is 3.75. The second-order valence-electron chi connectivity index (χ2n) is 7.03. The summed E-state index contributed by atoms with van der Waals surface area (Å²) in [6, 6.07) is 0. The minimum Gasteiger partial charge on any atom is -0.496 e. The van der Waals surface area contributed by atoms with Crippen molar-refractivity contribution in [3.63, 3.8) is 0 Å². The molecule has 0 radical (unpaired) electrons. The molecule has 1 aliphatic rings. The molecule has 0 saturated heterocycles. The quantitative estimate of drug-likeness (QED) is 0.502. The second kappa shape index (κ2) is 9.25. The van der Waals surface area contributed by atoms with E-state index in [0.29, 0.717) is 41.5 Å². The summed E-state index contributed by atoms with van der Waals surface area (Å²) in [5.41, 5.74) is 4.00. The van der Waals surface area contributed by atoms with Gasteiger partial charge in [0, 0.05) is 17.5 Å².